The van der Waals surface area contributed by atoms with Crippen LogP contribution < -0.4 is 22.6 Å². The Hall–Kier alpha value is -0.280. The van der Waals surface area contributed by atoms with Crippen molar-refractivity contribution in [1.29, 1.82) is 0 Å². The first-order valence-corrected chi connectivity index (χ1v) is 7.35. The second-order valence-electron chi connectivity index (χ2n) is 5.88. The fourth-order valence-corrected chi connectivity index (χ4v) is 3.65. The van der Waals surface area contributed by atoms with Crippen LogP contribution in [0.5, 0.6) is 0 Å². The highest BCUT2D eigenvalue weighted by atomic mass is 35.5. The Morgan fingerprint density at radius 2 is 2.06 bits per heavy atom. The van der Waals surface area contributed by atoms with E-state index in [2.05, 4.69) is 19.2 Å². The number of amides is 1. The van der Waals surface area contributed by atoms with E-state index >= 15 is 0 Å². The Labute approximate surface area is 117 Å². The predicted octanol–water partition coefficient (Wildman–Crippen LogP) is -2.39. The minimum atomic E-state index is 0. The molecule has 0 saturated heterocycles. The van der Waals surface area contributed by atoms with Crippen LogP contribution >= 0.6 is 0 Å². The van der Waals surface area contributed by atoms with Crippen LogP contribution in [0.25, 0.3) is 0 Å². The fraction of sp³-hybridized carbons (Fsp3) is 0.929. The third kappa shape index (κ3) is 3.86. The molecule has 2 aliphatic carbocycles. The Balaban J connectivity index is 0.00000162. The van der Waals surface area contributed by atoms with E-state index in [9.17, 15) is 4.79 Å². The average Bonchev–Trinajstić information content (AvgIpc) is 2.90. The lowest BCUT2D eigenvalue weighted by atomic mass is 9.95. The SMILES string of the molecule is CCC[NH+](CC)CC(=O)NC1CC2CCC1C2.[Cl-]. The summed E-state index contributed by atoms with van der Waals surface area (Å²) in [6, 6.07) is 0.501. The summed E-state index contributed by atoms with van der Waals surface area (Å²) in [5.41, 5.74) is 0. The summed E-state index contributed by atoms with van der Waals surface area (Å²) < 4.78 is 0. The molecule has 0 spiro atoms. The molecule has 0 radical (unpaired) electrons. The number of hydrogen-bond acceptors (Lipinski definition) is 1. The highest BCUT2D eigenvalue weighted by molar-refractivity contribution is 5.77. The van der Waals surface area contributed by atoms with E-state index in [0.29, 0.717) is 12.6 Å². The molecule has 2 aliphatic rings. The van der Waals surface area contributed by atoms with Gasteiger partial charge in [0.1, 0.15) is 0 Å². The van der Waals surface area contributed by atoms with Crippen molar-refractivity contribution >= 4 is 5.91 Å². The Morgan fingerprint density at radius 3 is 2.56 bits per heavy atom. The number of nitrogens with one attached hydrogen (secondary N) is 2. The van der Waals surface area contributed by atoms with Crippen LogP contribution in [0.1, 0.15) is 46.0 Å². The average molecular weight is 275 g/mol. The molecule has 4 atom stereocenters. The summed E-state index contributed by atoms with van der Waals surface area (Å²) in [6.45, 7) is 7.18. The van der Waals surface area contributed by atoms with E-state index in [4.69, 9.17) is 0 Å². The van der Waals surface area contributed by atoms with Crippen LogP contribution in [0.2, 0.25) is 0 Å². The van der Waals surface area contributed by atoms with Gasteiger partial charge in [-0.2, -0.15) is 0 Å². The van der Waals surface area contributed by atoms with Gasteiger partial charge in [-0.3, -0.25) is 4.79 Å². The number of likely N-dealkylation sites (N-methyl/N-ethyl adjacent to an activating group) is 1. The summed E-state index contributed by atoms with van der Waals surface area (Å²) in [5, 5.41) is 3.27. The van der Waals surface area contributed by atoms with E-state index in [1.807, 2.05) is 0 Å². The number of hydrogen-bond donors (Lipinski definition) is 2. The molecule has 4 unspecified atom stereocenters. The molecule has 0 aromatic carbocycles. The van der Waals surface area contributed by atoms with Crippen LogP contribution in [-0.4, -0.2) is 31.6 Å². The third-order valence-electron chi connectivity index (χ3n) is 4.60. The molecule has 2 fully saturated rings. The molecule has 4 heteroatoms. The van der Waals surface area contributed by atoms with E-state index in [1.165, 1.54) is 30.6 Å². The smallest absolute Gasteiger partial charge is 0.275 e. The van der Waals surface area contributed by atoms with Gasteiger partial charge in [0.15, 0.2) is 6.54 Å². The van der Waals surface area contributed by atoms with Gasteiger partial charge >= 0.3 is 0 Å². The first kappa shape index (κ1) is 15.8. The number of fused-ring (bicyclic) bond motifs is 2. The van der Waals surface area contributed by atoms with Gasteiger partial charge in [-0.1, -0.05) is 13.3 Å². The summed E-state index contributed by atoms with van der Waals surface area (Å²) in [7, 11) is 0. The lowest BCUT2D eigenvalue weighted by Crippen LogP contribution is -3.12. The van der Waals surface area contributed by atoms with E-state index in [0.717, 1.165) is 31.3 Å². The van der Waals surface area contributed by atoms with Crippen LogP contribution in [0.15, 0.2) is 0 Å². The lowest BCUT2D eigenvalue weighted by Gasteiger charge is -2.24. The molecule has 0 aliphatic heterocycles. The van der Waals surface area contributed by atoms with Crippen molar-refractivity contribution in [2.75, 3.05) is 19.6 Å². The first-order chi connectivity index (χ1) is 8.22. The maximum Gasteiger partial charge on any atom is 0.275 e. The van der Waals surface area contributed by atoms with E-state index in [1.54, 1.807) is 0 Å². The Bertz CT molecular complexity index is 273. The minimum absolute atomic E-state index is 0. The van der Waals surface area contributed by atoms with Crippen molar-refractivity contribution in [3.63, 3.8) is 0 Å². The molecule has 18 heavy (non-hydrogen) atoms. The van der Waals surface area contributed by atoms with Crippen LogP contribution in [0, 0.1) is 11.8 Å². The Morgan fingerprint density at radius 1 is 1.28 bits per heavy atom. The summed E-state index contributed by atoms with van der Waals surface area (Å²) >= 11 is 0. The van der Waals surface area contributed by atoms with Crippen molar-refractivity contribution in [2.45, 2.75) is 52.0 Å². The molecule has 2 saturated carbocycles. The molecule has 2 rings (SSSR count). The second-order valence-corrected chi connectivity index (χ2v) is 5.88. The normalized spacial score (nSPS) is 30.9. The highest BCUT2D eigenvalue weighted by Crippen LogP contribution is 2.44. The molecule has 2 bridgehead atoms. The molecule has 3 nitrogen and oxygen atoms in total. The zero-order valence-electron chi connectivity index (χ0n) is 11.7. The van der Waals surface area contributed by atoms with Crippen LogP contribution in [0.4, 0.5) is 0 Å². The lowest BCUT2D eigenvalue weighted by molar-refractivity contribution is -0.890. The zero-order chi connectivity index (χ0) is 12.3. The molecule has 0 aromatic rings. The maximum atomic E-state index is 12.0. The number of rotatable bonds is 6. The number of halogens is 1. The van der Waals surface area contributed by atoms with E-state index < -0.39 is 0 Å². The molecule has 2 N–H and O–H groups in total. The minimum Gasteiger partial charge on any atom is -1.00 e. The highest BCUT2D eigenvalue weighted by Gasteiger charge is 2.40. The molecule has 0 aromatic heterocycles. The largest absolute Gasteiger partial charge is 1.00 e. The molecule has 0 heterocycles. The molecular formula is C14H27ClN2O. The molecule has 106 valence electrons. The van der Waals surface area contributed by atoms with Gasteiger partial charge in [0, 0.05) is 6.04 Å². The fourth-order valence-electron chi connectivity index (χ4n) is 3.65. The molecular weight excluding hydrogens is 248 g/mol. The van der Waals surface area contributed by atoms with Crippen molar-refractivity contribution in [1.82, 2.24) is 5.32 Å². The summed E-state index contributed by atoms with van der Waals surface area (Å²) in [6.07, 6.45) is 6.51. The van der Waals surface area contributed by atoms with Crippen molar-refractivity contribution in [3.05, 3.63) is 0 Å². The summed E-state index contributed by atoms with van der Waals surface area (Å²) in [4.78, 5) is 13.4. The zero-order valence-corrected chi connectivity index (χ0v) is 12.4. The van der Waals surface area contributed by atoms with Gasteiger partial charge in [0.2, 0.25) is 0 Å². The topological polar surface area (TPSA) is 33.5 Å². The van der Waals surface area contributed by atoms with Crippen molar-refractivity contribution < 1.29 is 22.1 Å². The summed E-state index contributed by atoms with van der Waals surface area (Å²) in [5.74, 6) is 1.98. The van der Waals surface area contributed by atoms with Crippen molar-refractivity contribution in [3.8, 4) is 0 Å². The van der Waals surface area contributed by atoms with Gasteiger partial charge in [-0.15, -0.1) is 0 Å². The number of carbonyl (C=O) groups is 1. The monoisotopic (exact) mass is 274 g/mol. The number of quaternary nitrogens is 1. The van der Waals surface area contributed by atoms with Crippen molar-refractivity contribution in [2.24, 2.45) is 11.8 Å². The predicted molar refractivity (Wildman–Crippen MR) is 68.9 cm³/mol. The maximum absolute atomic E-state index is 12.0. The second kappa shape index (κ2) is 7.34. The van der Waals surface area contributed by atoms with Gasteiger partial charge in [-0.25, -0.2) is 0 Å². The van der Waals surface area contributed by atoms with Gasteiger partial charge in [0.25, 0.3) is 5.91 Å². The standard InChI is InChI=1S/C14H26N2O.ClH/c1-3-7-16(4-2)10-14(17)15-13-9-11-5-6-12(13)8-11;/h11-13H,3-10H2,1-2H3,(H,15,17);1H. The van der Waals surface area contributed by atoms with Gasteiger partial charge < -0.3 is 22.6 Å². The third-order valence-corrected chi connectivity index (χ3v) is 4.60. The van der Waals surface area contributed by atoms with Gasteiger partial charge in [0.05, 0.1) is 13.1 Å². The first-order valence-electron chi connectivity index (χ1n) is 7.35. The molecule has 1 amide bonds. The number of carbonyl (C=O) groups excluding carboxylic acids is 1. The van der Waals surface area contributed by atoms with E-state index in [-0.39, 0.29) is 18.3 Å². The van der Waals surface area contributed by atoms with Crippen LogP contribution in [-0.2, 0) is 4.79 Å². The van der Waals surface area contributed by atoms with Crippen LogP contribution in [0.3, 0.4) is 0 Å². The van der Waals surface area contributed by atoms with Gasteiger partial charge in [-0.05, 0) is 44.4 Å². The Kier molecular flexibility index (Phi) is 6.44. The quantitative estimate of drug-likeness (QED) is 0.557.